The van der Waals surface area contributed by atoms with E-state index in [1.165, 1.54) is 0 Å². The largest absolute Gasteiger partial charge is 0.336 e. The van der Waals surface area contributed by atoms with Crippen molar-refractivity contribution in [3.63, 3.8) is 0 Å². The third kappa shape index (κ3) is 3.38. The summed E-state index contributed by atoms with van der Waals surface area (Å²) in [5.74, 6) is 0.150. The number of hydrogen-bond acceptors (Lipinski definition) is 3. The van der Waals surface area contributed by atoms with E-state index < -0.39 is 0 Å². The zero-order chi connectivity index (χ0) is 14.7. The molecule has 4 heteroatoms. The Morgan fingerprint density at radius 1 is 1.15 bits per heavy atom. The number of hydrogen-bond donors (Lipinski definition) is 1. The molecular formula is C16H25N3O. The molecule has 1 aromatic carbocycles. The van der Waals surface area contributed by atoms with Crippen LogP contribution in [0.1, 0.15) is 28.4 Å². The van der Waals surface area contributed by atoms with Gasteiger partial charge in [0.2, 0.25) is 0 Å². The molecule has 110 valence electrons. The molecule has 1 fully saturated rings. The number of piperazine rings is 1. The summed E-state index contributed by atoms with van der Waals surface area (Å²) < 4.78 is 0. The molecular weight excluding hydrogens is 250 g/mol. The van der Waals surface area contributed by atoms with Crippen molar-refractivity contribution in [2.45, 2.75) is 26.8 Å². The van der Waals surface area contributed by atoms with Gasteiger partial charge in [-0.1, -0.05) is 17.2 Å². The first-order valence-corrected chi connectivity index (χ1v) is 7.33. The molecule has 0 aliphatic carbocycles. The third-order valence-corrected chi connectivity index (χ3v) is 4.03. The van der Waals surface area contributed by atoms with Crippen LogP contribution in [0.2, 0.25) is 0 Å². The van der Waals surface area contributed by atoms with Crippen molar-refractivity contribution in [1.29, 1.82) is 0 Å². The van der Waals surface area contributed by atoms with Crippen LogP contribution < -0.4 is 5.73 Å². The molecule has 4 nitrogen and oxygen atoms in total. The van der Waals surface area contributed by atoms with Gasteiger partial charge in [-0.25, -0.2) is 0 Å². The molecule has 1 saturated heterocycles. The highest BCUT2D eigenvalue weighted by Crippen LogP contribution is 2.14. The fraction of sp³-hybridized carbons (Fsp3) is 0.562. The molecule has 1 amide bonds. The average molecular weight is 275 g/mol. The molecule has 0 aromatic heterocycles. The number of rotatable bonds is 3. The minimum absolute atomic E-state index is 0.150. The predicted octanol–water partition coefficient (Wildman–Crippen LogP) is 1.41. The maximum absolute atomic E-state index is 12.5. The molecule has 1 atom stereocenters. The summed E-state index contributed by atoms with van der Waals surface area (Å²) in [4.78, 5) is 16.8. The van der Waals surface area contributed by atoms with E-state index in [0.29, 0.717) is 12.6 Å². The number of carbonyl (C=O) groups is 1. The molecule has 0 bridgehead atoms. The van der Waals surface area contributed by atoms with Crippen LogP contribution in [0, 0.1) is 13.8 Å². The molecule has 1 aliphatic rings. The Labute approximate surface area is 121 Å². The summed E-state index contributed by atoms with van der Waals surface area (Å²) in [6.45, 7) is 10.3. The first-order chi connectivity index (χ1) is 9.51. The zero-order valence-corrected chi connectivity index (χ0v) is 12.7. The Morgan fingerprint density at radius 2 is 1.70 bits per heavy atom. The topological polar surface area (TPSA) is 49.6 Å². The van der Waals surface area contributed by atoms with Gasteiger partial charge >= 0.3 is 0 Å². The monoisotopic (exact) mass is 275 g/mol. The van der Waals surface area contributed by atoms with Crippen molar-refractivity contribution in [2.24, 2.45) is 5.73 Å². The van der Waals surface area contributed by atoms with E-state index in [0.717, 1.165) is 42.9 Å². The Bertz CT molecular complexity index is 458. The lowest BCUT2D eigenvalue weighted by Gasteiger charge is -2.37. The lowest BCUT2D eigenvalue weighted by molar-refractivity contribution is 0.0589. The van der Waals surface area contributed by atoms with Gasteiger partial charge in [0.15, 0.2) is 0 Å². The second-order valence-electron chi connectivity index (χ2n) is 5.79. The van der Waals surface area contributed by atoms with Gasteiger partial charge in [0.05, 0.1) is 0 Å². The minimum Gasteiger partial charge on any atom is -0.336 e. The summed E-state index contributed by atoms with van der Waals surface area (Å²) in [5.41, 5.74) is 8.79. The van der Waals surface area contributed by atoms with Crippen molar-refractivity contribution < 1.29 is 4.79 Å². The summed E-state index contributed by atoms with van der Waals surface area (Å²) in [5, 5.41) is 0. The Balaban J connectivity index is 2.01. The van der Waals surface area contributed by atoms with Crippen molar-refractivity contribution in [3.8, 4) is 0 Å². The molecule has 0 radical (unpaired) electrons. The van der Waals surface area contributed by atoms with E-state index in [-0.39, 0.29) is 5.91 Å². The molecule has 2 N–H and O–H groups in total. The summed E-state index contributed by atoms with van der Waals surface area (Å²) in [6, 6.07) is 6.44. The summed E-state index contributed by atoms with van der Waals surface area (Å²) >= 11 is 0. The van der Waals surface area contributed by atoms with Crippen molar-refractivity contribution in [2.75, 3.05) is 32.7 Å². The standard InChI is InChI=1S/C16H25N3O/c1-12-8-13(2)10-15(9-12)16(20)19-6-4-18(5-7-19)14(3)11-17/h8-10,14H,4-7,11,17H2,1-3H3. The second-order valence-corrected chi connectivity index (χ2v) is 5.79. The Hall–Kier alpha value is -1.39. The Kier molecular flexibility index (Phi) is 4.78. The normalized spacial score (nSPS) is 18.1. The number of amides is 1. The number of aryl methyl sites for hydroxylation is 2. The lowest BCUT2D eigenvalue weighted by Crippen LogP contribution is -2.52. The van der Waals surface area contributed by atoms with Crippen LogP contribution in [0.15, 0.2) is 18.2 Å². The summed E-state index contributed by atoms with van der Waals surface area (Å²) in [7, 11) is 0. The highest BCUT2D eigenvalue weighted by molar-refractivity contribution is 5.94. The maximum Gasteiger partial charge on any atom is 0.253 e. The minimum atomic E-state index is 0.150. The van der Waals surface area contributed by atoms with E-state index in [1.54, 1.807) is 0 Å². The molecule has 20 heavy (non-hydrogen) atoms. The SMILES string of the molecule is Cc1cc(C)cc(C(=O)N2CCN(C(C)CN)CC2)c1. The molecule has 1 aromatic rings. The molecule has 0 saturated carbocycles. The fourth-order valence-electron chi connectivity index (χ4n) is 2.80. The zero-order valence-electron chi connectivity index (χ0n) is 12.7. The second kappa shape index (κ2) is 6.37. The molecule has 2 rings (SSSR count). The number of nitrogens with two attached hydrogens (primary N) is 1. The lowest BCUT2D eigenvalue weighted by atomic mass is 10.1. The van der Waals surface area contributed by atoms with Crippen LogP contribution in [0.25, 0.3) is 0 Å². The van der Waals surface area contributed by atoms with Gasteiger partial charge in [-0.05, 0) is 32.9 Å². The van der Waals surface area contributed by atoms with Crippen molar-refractivity contribution in [3.05, 3.63) is 34.9 Å². The number of nitrogens with zero attached hydrogens (tertiary/aromatic N) is 2. The number of benzene rings is 1. The fourth-order valence-corrected chi connectivity index (χ4v) is 2.80. The van der Waals surface area contributed by atoms with Gasteiger partial charge in [-0.15, -0.1) is 0 Å². The Morgan fingerprint density at radius 3 is 2.20 bits per heavy atom. The molecule has 0 spiro atoms. The van der Waals surface area contributed by atoms with Crippen LogP contribution in [0.5, 0.6) is 0 Å². The quantitative estimate of drug-likeness (QED) is 0.907. The van der Waals surface area contributed by atoms with Crippen molar-refractivity contribution >= 4 is 5.91 Å². The van der Waals surface area contributed by atoms with E-state index in [1.807, 2.05) is 30.9 Å². The summed E-state index contributed by atoms with van der Waals surface area (Å²) in [6.07, 6.45) is 0. The van der Waals surface area contributed by atoms with E-state index in [9.17, 15) is 4.79 Å². The predicted molar refractivity (Wildman–Crippen MR) is 81.9 cm³/mol. The molecule has 1 heterocycles. The number of carbonyl (C=O) groups excluding carboxylic acids is 1. The van der Waals surface area contributed by atoms with E-state index in [2.05, 4.69) is 17.9 Å². The van der Waals surface area contributed by atoms with Crippen LogP contribution in [-0.4, -0.2) is 54.5 Å². The van der Waals surface area contributed by atoms with Crippen LogP contribution in [0.3, 0.4) is 0 Å². The molecule has 1 unspecified atom stereocenters. The van der Waals surface area contributed by atoms with Gasteiger partial charge < -0.3 is 10.6 Å². The van der Waals surface area contributed by atoms with Gasteiger partial charge in [0.1, 0.15) is 0 Å². The van der Waals surface area contributed by atoms with Crippen molar-refractivity contribution in [1.82, 2.24) is 9.80 Å². The van der Waals surface area contributed by atoms with Gasteiger partial charge in [-0.2, -0.15) is 0 Å². The highest BCUT2D eigenvalue weighted by Gasteiger charge is 2.24. The first kappa shape index (κ1) is 15.0. The smallest absolute Gasteiger partial charge is 0.253 e. The van der Waals surface area contributed by atoms with Crippen LogP contribution in [0.4, 0.5) is 0 Å². The van der Waals surface area contributed by atoms with E-state index >= 15 is 0 Å². The van der Waals surface area contributed by atoms with E-state index in [4.69, 9.17) is 5.73 Å². The molecule has 1 aliphatic heterocycles. The van der Waals surface area contributed by atoms with Crippen LogP contribution in [-0.2, 0) is 0 Å². The van der Waals surface area contributed by atoms with Crippen LogP contribution >= 0.6 is 0 Å². The third-order valence-electron chi connectivity index (χ3n) is 4.03. The first-order valence-electron chi connectivity index (χ1n) is 7.33. The maximum atomic E-state index is 12.5. The van der Waals surface area contributed by atoms with Gasteiger partial charge in [-0.3, -0.25) is 9.69 Å². The van der Waals surface area contributed by atoms with Gasteiger partial charge in [0, 0.05) is 44.3 Å². The average Bonchev–Trinajstić information content (AvgIpc) is 2.45. The highest BCUT2D eigenvalue weighted by atomic mass is 16.2. The van der Waals surface area contributed by atoms with Gasteiger partial charge in [0.25, 0.3) is 5.91 Å².